The largest absolute Gasteiger partial charge is 0.399 e. The fraction of sp³-hybridized carbons (Fsp3) is 0.130. The highest BCUT2D eigenvalue weighted by atomic mass is 16.2. The van der Waals surface area contributed by atoms with E-state index in [-0.39, 0.29) is 0 Å². The first-order valence-corrected chi connectivity index (χ1v) is 9.83. The van der Waals surface area contributed by atoms with Crippen LogP contribution in [-0.2, 0) is 16.1 Å². The molecule has 3 heterocycles. The Hall–Kier alpha value is -3.84. The number of imide groups is 1. The molecule has 7 heteroatoms. The van der Waals surface area contributed by atoms with Crippen LogP contribution >= 0.6 is 0 Å². The number of H-pyrrole nitrogens is 1. The van der Waals surface area contributed by atoms with E-state index in [1.807, 2.05) is 47.2 Å². The SMILES string of the molecule is NCCCn1cc(C2=C(c3c[nH]c4ccccc34)C(=O)NC2=O)c2ccc(N)cc21. The zero-order valence-electron chi connectivity index (χ0n) is 16.2. The number of hydrogen-bond donors (Lipinski definition) is 4. The molecule has 1 aliphatic heterocycles. The lowest BCUT2D eigenvalue weighted by Gasteiger charge is -2.04. The zero-order valence-corrected chi connectivity index (χ0v) is 16.2. The molecular weight excluding hydrogens is 378 g/mol. The van der Waals surface area contributed by atoms with E-state index in [0.29, 0.717) is 41.1 Å². The third-order valence-corrected chi connectivity index (χ3v) is 5.57. The normalized spacial score (nSPS) is 14.3. The monoisotopic (exact) mass is 399 g/mol. The van der Waals surface area contributed by atoms with Gasteiger partial charge in [-0.3, -0.25) is 14.9 Å². The summed E-state index contributed by atoms with van der Waals surface area (Å²) in [5.41, 5.74) is 16.4. The van der Waals surface area contributed by atoms with Crippen molar-refractivity contribution < 1.29 is 9.59 Å². The third kappa shape index (κ3) is 2.71. The van der Waals surface area contributed by atoms with E-state index in [1.54, 1.807) is 12.3 Å². The van der Waals surface area contributed by atoms with Crippen LogP contribution in [-0.4, -0.2) is 27.9 Å². The van der Waals surface area contributed by atoms with Crippen molar-refractivity contribution in [2.24, 2.45) is 5.73 Å². The maximum Gasteiger partial charge on any atom is 0.259 e. The number of hydrogen-bond acceptors (Lipinski definition) is 4. The van der Waals surface area contributed by atoms with Crippen LogP contribution in [0.1, 0.15) is 17.5 Å². The highest BCUT2D eigenvalue weighted by Gasteiger charge is 2.35. The lowest BCUT2D eigenvalue weighted by atomic mass is 9.95. The highest BCUT2D eigenvalue weighted by Crippen LogP contribution is 2.38. The minimum absolute atomic E-state index is 0.381. The number of fused-ring (bicyclic) bond motifs is 2. The summed E-state index contributed by atoms with van der Waals surface area (Å²) < 4.78 is 2.05. The van der Waals surface area contributed by atoms with Gasteiger partial charge in [0.15, 0.2) is 0 Å². The molecule has 0 spiro atoms. The van der Waals surface area contributed by atoms with Gasteiger partial charge in [0.2, 0.25) is 0 Å². The van der Waals surface area contributed by atoms with Crippen LogP contribution in [0.5, 0.6) is 0 Å². The molecule has 0 unspecified atom stereocenters. The molecule has 0 bridgehead atoms. The predicted molar refractivity (Wildman–Crippen MR) is 118 cm³/mol. The Morgan fingerprint density at radius 1 is 0.933 bits per heavy atom. The molecule has 2 amide bonds. The maximum absolute atomic E-state index is 12.9. The first-order chi connectivity index (χ1) is 14.6. The van der Waals surface area contributed by atoms with Crippen LogP contribution in [0, 0.1) is 0 Å². The van der Waals surface area contributed by atoms with Crippen molar-refractivity contribution in [1.82, 2.24) is 14.9 Å². The fourth-order valence-corrected chi connectivity index (χ4v) is 4.20. The highest BCUT2D eigenvalue weighted by molar-refractivity contribution is 6.50. The van der Waals surface area contributed by atoms with Crippen LogP contribution in [0.4, 0.5) is 5.69 Å². The number of nitrogens with zero attached hydrogens (tertiary/aromatic N) is 1. The van der Waals surface area contributed by atoms with Gasteiger partial charge in [-0.15, -0.1) is 0 Å². The van der Waals surface area contributed by atoms with E-state index in [1.165, 1.54) is 0 Å². The van der Waals surface area contributed by atoms with Crippen LogP contribution < -0.4 is 16.8 Å². The number of aromatic nitrogens is 2. The topological polar surface area (TPSA) is 119 Å². The van der Waals surface area contributed by atoms with Gasteiger partial charge in [0.05, 0.1) is 16.7 Å². The standard InChI is InChI=1S/C23H21N5O2/c24-8-3-9-28-12-17(15-7-6-13(25)10-19(15)28)21-20(22(29)27-23(21)30)16-11-26-18-5-2-1-4-14(16)18/h1-2,4-7,10-12,26H,3,8-9,24-25H2,(H,27,29,30). The number of nitrogen functional groups attached to an aromatic ring is 1. The lowest BCUT2D eigenvalue weighted by Crippen LogP contribution is -2.22. The minimum Gasteiger partial charge on any atom is -0.399 e. The van der Waals surface area contributed by atoms with E-state index in [2.05, 4.69) is 10.3 Å². The average molecular weight is 399 g/mol. The summed E-state index contributed by atoms with van der Waals surface area (Å²) in [6.45, 7) is 1.25. The number of amides is 2. The fourth-order valence-electron chi connectivity index (χ4n) is 4.20. The van der Waals surface area contributed by atoms with E-state index < -0.39 is 11.8 Å². The summed E-state index contributed by atoms with van der Waals surface area (Å²) >= 11 is 0. The number of nitrogens with two attached hydrogens (primary N) is 2. The molecule has 0 saturated carbocycles. The summed E-state index contributed by atoms with van der Waals surface area (Å²) in [6, 6.07) is 13.3. The molecule has 4 aromatic rings. The first-order valence-electron chi connectivity index (χ1n) is 9.83. The quantitative estimate of drug-likeness (QED) is 0.305. The van der Waals surface area contributed by atoms with Crippen molar-refractivity contribution in [2.45, 2.75) is 13.0 Å². The predicted octanol–water partition coefficient (Wildman–Crippen LogP) is 2.62. The number of aryl methyl sites for hydroxylation is 1. The summed E-state index contributed by atoms with van der Waals surface area (Å²) in [6.07, 6.45) is 4.49. The molecule has 6 N–H and O–H groups in total. The lowest BCUT2D eigenvalue weighted by molar-refractivity contribution is -0.122. The third-order valence-electron chi connectivity index (χ3n) is 5.57. The van der Waals surface area contributed by atoms with E-state index in [0.717, 1.165) is 28.2 Å². The van der Waals surface area contributed by atoms with Gasteiger partial charge in [-0.2, -0.15) is 0 Å². The Kier molecular flexibility index (Phi) is 4.18. The van der Waals surface area contributed by atoms with Crippen molar-refractivity contribution in [3.8, 4) is 0 Å². The Morgan fingerprint density at radius 3 is 2.50 bits per heavy atom. The molecule has 1 aliphatic rings. The van der Waals surface area contributed by atoms with Gasteiger partial charge >= 0.3 is 0 Å². The number of carbonyl (C=O) groups is 2. The molecule has 0 aliphatic carbocycles. The summed E-state index contributed by atoms with van der Waals surface area (Å²) in [7, 11) is 0. The molecule has 0 fully saturated rings. The van der Waals surface area contributed by atoms with Crippen molar-refractivity contribution in [3.05, 3.63) is 66.0 Å². The molecule has 0 radical (unpaired) electrons. The molecule has 150 valence electrons. The molecule has 2 aromatic heterocycles. The number of benzene rings is 2. The molecule has 30 heavy (non-hydrogen) atoms. The Morgan fingerprint density at radius 2 is 1.70 bits per heavy atom. The smallest absolute Gasteiger partial charge is 0.259 e. The zero-order chi connectivity index (χ0) is 20.8. The molecule has 5 rings (SSSR count). The van der Waals surface area contributed by atoms with Gasteiger partial charge in [0, 0.05) is 52.0 Å². The van der Waals surface area contributed by atoms with Crippen molar-refractivity contribution in [3.63, 3.8) is 0 Å². The molecular formula is C23H21N5O2. The van der Waals surface area contributed by atoms with E-state index in [4.69, 9.17) is 11.5 Å². The average Bonchev–Trinajstić information content (AvgIpc) is 3.39. The van der Waals surface area contributed by atoms with Crippen LogP contribution in [0.3, 0.4) is 0 Å². The number of anilines is 1. The Balaban J connectivity index is 1.80. The molecule has 0 atom stereocenters. The van der Waals surface area contributed by atoms with Crippen LogP contribution in [0.2, 0.25) is 0 Å². The van der Waals surface area contributed by atoms with Gasteiger partial charge in [0.1, 0.15) is 0 Å². The second-order valence-electron chi connectivity index (χ2n) is 7.44. The first kappa shape index (κ1) is 18.2. The molecule has 7 nitrogen and oxygen atoms in total. The summed E-state index contributed by atoms with van der Waals surface area (Å²) in [4.78, 5) is 28.9. The number of rotatable bonds is 5. The van der Waals surface area contributed by atoms with Gasteiger partial charge in [-0.1, -0.05) is 24.3 Å². The van der Waals surface area contributed by atoms with E-state index >= 15 is 0 Å². The maximum atomic E-state index is 12.9. The molecule has 2 aromatic carbocycles. The second-order valence-corrected chi connectivity index (χ2v) is 7.44. The Labute approximate surface area is 172 Å². The van der Waals surface area contributed by atoms with Crippen molar-refractivity contribution in [2.75, 3.05) is 12.3 Å². The van der Waals surface area contributed by atoms with Crippen molar-refractivity contribution >= 4 is 50.5 Å². The van der Waals surface area contributed by atoms with Gasteiger partial charge in [-0.25, -0.2) is 0 Å². The van der Waals surface area contributed by atoms with Gasteiger partial charge in [-0.05, 0) is 31.2 Å². The van der Waals surface area contributed by atoms with Crippen LogP contribution in [0.25, 0.3) is 33.0 Å². The van der Waals surface area contributed by atoms with E-state index in [9.17, 15) is 9.59 Å². The number of para-hydroxylation sites is 1. The van der Waals surface area contributed by atoms with Crippen molar-refractivity contribution in [1.29, 1.82) is 0 Å². The summed E-state index contributed by atoms with van der Waals surface area (Å²) in [5, 5.41) is 4.25. The Bertz CT molecular complexity index is 1360. The van der Waals surface area contributed by atoms with Crippen LogP contribution in [0.15, 0.2) is 54.9 Å². The number of nitrogens with one attached hydrogen (secondary N) is 2. The molecule has 0 saturated heterocycles. The van der Waals surface area contributed by atoms with Gasteiger partial charge < -0.3 is 21.0 Å². The summed E-state index contributed by atoms with van der Waals surface area (Å²) in [5.74, 6) is -0.784. The second kappa shape index (κ2) is 6.89. The minimum atomic E-state index is -0.394. The number of carbonyl (C=O) groups excluding carboxylic acids is 2. The van der Waals surface area contributed by atoms with Gasteiger partial charge in [0.25, 0.3) is 11.8 Å². The number of aromatic amines is 1.